The summed E-state index contributed by atoms with van der Waals surface area (Å²) in [6.07, 6.45) is 2.57. The molecule has 4 heteroatoms. The first-order valence-corrected chi connectivity index (χ1v) is 7.85. The van der Waals surface area contributed by atoms with Crippen molar-refractivity contribution < 1.29 is 4.79 Å². The fourth-order valence-electron chi connectivity index (χ4n) is 4.51. The van der Waals surface area contributed by atoms with Gasteiger partial charge in [0, 0.05) is 36.3 Å². The first-order valence-electron chi connectivity index (χ1n) is 7.48. The van der Waals surface area contributed by atoms with E-state index in [9.17, 15) is 4.79 Å². The van der Waals surface area contributed by atoms with Gasteiger partial charge in [-0.05, 0) is 48.8 Å². The molecule has 1 N–H and O–H groups in total. The Morgan fingerprint density at radius 2 is 1.95 bits per heavy atom. The Labute approximate surface area is 124 Å². The lowest BCUT2D eigenvalue weighted by Gasteiger charge is -2.55. The van der Waals surface area contributed by atoms with Gasteiger partial charge in [0.25, 0.3) is 5.91 Å². The molecule has 4 aliphatic rings. The first kappa shape index (κ1) is 12.7. The van der Waals surface area contributed by atoms with Crippen LogP contribution in [-0.4, -0.2) is 36.5 Å². The van der Waals surface area contributed by atoms with Gasteiger partial charge in [-0.3, -0.25) is 4.79 Å². The molecule has 3 nitrogen and oxygen atoms in total. The van der Waals surface area contributed by atoms with Crippen LogP contribution in [0.25, 0.3) is 0 Å². The molecule has 2 unspecified atom stereocenters. The highest BCUT2D eigenvalue weighted by molar-refractivity contribution is 6.30. The molecule has 4 bridgehead atoms. The Morgan fingerprint density at radius 1 is 1.20 bits per heavy atom. The van der Waals surface area contributed by atoms with Crippen LogP contribution >= 0.6 is 11.6 Å². The molecule has 5 rings (SSSR count). The van der Waals surface area contributed by atoms with Crippen LogP contribution in [0.3, 0.4) is 0 Å². The normalized spacial score (nSPS) is 38.0. The van der Waals surface area contributed by atoms with Crippen molar-refractivity contribution >= 4 is 17.5 Å². The molecule has 20 heavy (non-hydrogen) atoms. The average molecular weight is 291 g/mol. The number of hydrogen-bond donors (Lipinski definition) is 1. The summed E-state index contributed by atoms with van der Waals surface area (Å²) in [7, 11) is 0. The summed E-state index contributed by atoms with van der Waals surface area (Å²) in [5, 5.41) is 3.90. The molecule has 3 saturated heterocycles. The molecular weight excluding hydrogens is 272 g/mol. The van der Waals surface area contributed by atoms with Crippen LogP contribution in [0.15, 0.2) is 24.3 Å². The van der Waals surface area contributed by atoms with Crippen molar-refractivity contribution in [2.24, 2.45) is 17.8 Å². The number of hydrogen-bond acceptors (Lipinski definition) is 2. The minimum Gasteiger partial charge on any atom is -0.349 e. The second-order valence-corrected chi connectivity index (χ2v) is 7.02. The predicted octanol–water partition coefficient (Wildman–Crippen LogP) is 2.41. The van der Waals surface area contributed by atoms with E-state index in [1.165, 1.54) is 19.4 Å². The number of benzene rings is 1. The number of nitrogens with one attached hydrogen (secondary N) is 1. The summed E-state index contributed by atoms with van der Waals surface area (Å²) < 4.78 is 0. The molecule has 1 aromatic rings. The highest BCUT2D eigenvalue weighted by atomic mass is 35.5. The van der Waals surface area contributed by atoms with E-state index in [1.54, 1.807) is 12.1 Å². The Hall–Kier alpha value is -1.06. The summed E-state index contributed by atoms with van der Waals surface area (Å²) in [6.45, 7) is 3.60. The fraction of sp³-hybridized carbons (Fsp3) is 0.562. The Kier molecular flexibility index (Phi) is 3.00. The van der Waals surface area contributed by atoms with Crippen LogP contribution in [0, 0.1) is 17.8 Å². The highest BCUT2D eigenvalue weighted by Crippen LogP contribution is 2.43. The number of halogens is 1. The number of rotatable bonds is 2. The van der Waals surface area contributed by atoms with Gasteiger partial charge in [0.2, 0.25) is 0 Å². The third kappa shape index (κ3) is 2.13. The minimum absolute atomic E-state index is 0.0278. The van der Waals surface area contributed by atoms with Gasteiger partial charge in [-0.25, -0.2) is 0 Å². The van der Waals surface area contributed by atoms with Gasteiger partial charge in [0.1, 0.15) is 0 Å². The molecule has 1 saturated carbocycles. The van der Waals surface area contributed by atoms with Crippen molar-refractivity contribution in [3.05, 3.63) is 34.9 Å². The zero-order valence-electron chi connectivity index (χ0n) is 11.4. The summed E-state index contributed by atoms with van der Waals surface area (Å²) in [4.78, 5) is 15.0. The molecule has 3 heterocycles. The van der Waals surface area contributed by atoms with E-state index < -0.39 is 0 Å². The zero-order chi connectivity index (χ0) is 13.7. The molecule has 0 radical (unpaired) electrons. The molecule has 1 amide bonds. The van der Waals surface area contributed by atoms with Crippen molar-refractivity contribution in [3.63, 3.8) is 0 Å². The second-order valence-electron chi connectivity index (χ2n) is 6.59. The van der Waals surface area contributed by atoms with Crippen LogP contribution in [-0.2, 0) is 0 Å². The summed E-state index contributed by atoms with van der Waals surface area (Å²) in [5.74, 6) is 2.18. The van der Waals surface area contributed by atoms with E-state index in [4.69, 9.17) is 11.6 Å². The standard InChI is InChI=1S/C16H19ClN2O/c17-14-3-1-2-11(6-14)16(20)18-15-12-4-10-5-13(15)9-19(7-10)8-12/h1-3,6,10,12-13,15H,4-5,7-9H2,(H,18,20). The maximum absolute atomic E-state index is 12.4. The molecule has 2 atom stereocenters. The SMILES string of the molecule is O=C(NC1C2CC3CC1CN(C3)C2)c1cccc(Cl)c1. The molecule has 1 aliphatic carbocycles. The highest BCUT2D eigenvalue weighted by Gasteiger charge is 2.47. The third-order valence-corrected chi connectivity index (χ3v) is 5.41. The van der Waals surface area contributed by atoms with E-state index in [1.807, 2.05) is 12.1 Å². The van der Waals surface area contributed by atoms with E-state index in [-0.39, 0.29) is 5.91 Å². The summed E-state index contributed by atoms with van der Waals surface area (Å²) in [6, 6.07) is 7.57. The maximum atomic E-state index is 12.4. The predicted molar refractivity (Wildman–Crippen MR) is 78.9 cm³/mol. The number of carbonyl (C=O) groups excluding carboxylic acids is 1. The summed E-state index contributed by atoms with van der Waals surface area (Å²) in [5.41, 5.74) is 0.673. The Bertz CT molecular complexity index is 517. The molecule has 1 aromatic carbocycles. The molecule has 0 spiro atoms. The minimum atomic E-state index is 0.0278. The molecule has 3 aliphatic heterocycles. The van der Waals surface area contributed by atoms with Gasteiger partial charge in [-0.1, -0.05) is 17.7 Å². The monoisotopic (exact) mass is 290 g/mol. The largest absolute Gasteiger partial charge is 0.349 e. The fourth-order valence-corrected chi connectivity index (χ4v) is 4.70. The van der Waals surface area contributed by atoms with Crippen LogP contribution in [0.2, 0.25) is 5.02 Å². The van der Waals surface area contributed by atoms with Crippen molar-refractivity contribution in [3.8, 4) is 0 Å². The molecule has 106 valence electrons. The number of piperidine rings is 3. The van der Waals surface area contributed by atoms with Crippen molar-refractivity contribution in [2.75, 3.05) is 19.6 Å². The van der Waals surface area contributed by atoms with Gasteiger partial charge in [-0.15, -0.1) is 0 Å². The quantitative estimate of drug-likeness (QED) is 0.907. The Balaban J connectivity index is 1.50. The van der Waals surface area contributed by atoms with Crippen LogP contribution in [0.4, 0.5) is 0 Å². The second kappa shape index (κ2) is 4.74. The number of carbonyl (C=O) groups is 1. The van der Waals surface area contributed by atoms with E-state index in [0.29, 0.717) is 28.5 Å². The zero-order valence-corrected chi connectivity index (χ0v) is 12.1. The van der Waals surface area contributed by atoms with E-state index >= 15 is 0 Å². The lowest BCUT2D eigenvalue weighted by Crippen LogP contribution is -2.64. The maximum Gasteiger partial charge on any atom is 0.251 e. The lowest BCUT2D eigenvalue weighted by molar-refractivity contribution is -0.0418. The van der Waals surface area contributed by atoms with Gasteiger partial charge >= 0.3 is 0 Å². The number of nitrogens with zero attached hydrogens (tertiary/aromatic N) is 1. The van der Waals surface area contributed by atoms with Gasteiger partial charge in [0.05, 0.1) is 0 Å². The van der Waals surface area contributed by atoms with Crippen LogP contribution in [0.5, 0.6) is 0 Å². The van der Waals surface area contributed by atoms with Crippen molar-refractivity contribution in [1.29, 1.82) is 0 Å². The third-order valence-electron chi connectivity index (χ3n) is 5.17. The topological polar surface area (TPSA) is 32.3 Å². The van der Waals surface area contributed by atoms with E-state index in [2.05, 4.69) is 10.2 Å². The lowest BCUT2D eigenvalue weighted by atomic mass is 9.65. The smallest absolute Gasteiger partial charge is 0.251 e. The van der Waals surface area contributed by atoms with Gasteiger partial charge in [-0.2, -0.15) is 0 Å². The van der Waals surface area contributed by atoms with Crippen LogP contribution < -0.4 is 5.32 Å². The Morgan fingerprint density at radius 3 is 2.60 bits per heavy atom. The van der Waals surface area contributed by atoms with Gasteiger partial charge in [0.15, 0.2) is 0 Å². The van der Waals surface area contributed by atoms with Crippen molar-refractivity contribution in [1.82, 2.24) is 10.2 Å². The van der Waals surface area contributed by atoms with E-state index in [0.717, 1.165) is 19.0 Å². The molecule has 0 aromatic heterocycles. The van der Waals surface area contributed by atoms with Gasteiger partial charge < -0.3 is 10.2 Å². The van der Waals surface area contributed by atoms with Crippen LogP contribution in [0.1, 0.15) is 23.2 Å². The first-order chi connectivity index (χ1) is 9.69. The van der Waals surface area contributed by atoms with Crippen molar-refractivity contribution in [2.45, 2.75) is 18.9 Å². The summed E-state index contributed by atoms with van der Waals surface area (Å²) >= 11 is 5.97. The average Bonchev–Trinajstić information content (AvgIpc) is 2.42. The molecular formula is C16H19ClN2O. The number of amides is 1. The molecule has 4 fully saturated rings.